The number of hydrogen-bond acceptors (Lipinski definition) is 3. The van der Waals surface area contributed by atoms with Gasteiger partial charge in [-0.05, 0) is 24.8 Å². The van der Waals surface area contributed by atoms with E-state index in [0.29, 0.717) is 19.4 Å². The van der Waals surface area contributed by atoms with Crippen molar-refractivity contribution in [2.24, 2.45) is 0 Å². The van der Waals surface area contributed by atoms with Crippen LogP contribution in [0.1, 0.15) is 44.1 Å². The Labute approximate surface area is 125 Å². The number of amides is 1. The minimum Gasteiger partial charge on any atom is -0.464 e. The fourth-order valence-electron chi connectivity index (χ4n) is 2.51. The first kappa shape index (κ1) is 15.5. The molecule has 1 amide bonds. The maximum atomic E-state index is 11.7. The van der Waals surface area contributed by atoms with Crippen LogP contribution in [0.4, 0.5) is 0 Å². The van der Waals surface area contributed by atoms with Gasteiger partial charge in [0.05, 0.1) is 6.61 Å². The SMILES string of the molecule is O=C(CCCCCCc1ccccc1)N[C@H]1CCOC1=O. The van der Waals surface area contributed by atoms with Gasteiger partial charge in [-0.15, -0.1) is 0 Å². The summed E-state index contributed by atoms with van der Waals surface area (Å²) in [5, 5.41) is 2.73. The Morgan fingerprint density at radius 2 is 1.90 bits per heavy atom. The zero-order chi connectivity index (χ0) is 14.9. The quantitative estimate of drug-likeness (QED) is 0.591. The molecule has 0 spiro atoms. The Bertz CT molecular complexity index is 458. The van der Waals surface area contributed by atoms with Crippen LogP contribution in [0.15, 0.2) is 30.3 Å². The van der Waals surface area contributed by atoms with Gasteiger partial charge in [0.2, 0.25) is 5.91 Å². The maximum absolute atomic E-state index is 11.7. The van der Waals surface area contributed by atoms with Crippen molar-refractivity contribution in [3.8, 4) is 0 Å². The van der Waals surface area contributed by atoms with Crippen LogP contribution in [0.2, 0.25) is 0 Å². The lowest BCUT2D eigenvalue weighted by Crippen LogP contribution is -2.37. The Morgan fingerprint density at radius 1 is 1.14 bits per heavy atom. The molecule has 21 heavy (non-hydrogen) atoms. The van der Waals surface area contributed by atoms with Crippen molar-refractivity contribution in [3.05, 3.63) is 35.9 Å². The van der Waals surface area contributed by atoms with Gasteiger partial charge in [-0.1, -0.05) is 43.2 Å². The summed E-state index contributed by atoms with van der Waals surface area (Å²) in [7, 11) is 0. The summed E-state index contributed by atoms with van der Waals surface area (Å²) in [6, 6.07) is 10.0. The number of rotatable bonds is 8. The second-order valence-corrected chi connectivity index (χ2v) is 5.48. The van der Waals surface area contributed by atoms with E-state index in [1.54, 1.807) is 0 Å². The molecular weight excluding hydrogens is 266 g/mol. The predicted molar refractivity (Wildman–Crippen MR) is 80.7 cm³/mol. The third-order valence-corrected chi connectivity index (χ3v) is 3.73. The molecule has 2 rings (SSSR count). The highest BCUT2D eigenvalue weighted by Crippen LogP contribution is 2.10. The van der Waals surface area contributed by atoms with Crippen LogP contribution < -0.4 is 5.32 Å². The zero-order valence-corrected chi connectivity index (χ0v) is 12.3. The highest BCUT2D eigenvalue weighted by molar-refractivity contribution is 5.85. The fraction of sp³-hybridized carbons (Fsp3) is 0.529. The predicted octanol–water partition coefficient (Wildman–Crippen LogP) is 2.61. The van der Waals surface area contributed by atoms with Crippen molar-refractivity contribution in [2.75, 3.05) is 6.61 Å². The molecule has 1 aliphatic heterocycles. The van der Waals surface area contributed by atoms with Crippen LogP contribution >= 0.6 is 0 Å². The zero-order valence-electron chi connectivity index (χ0n) is 12.3. The highest BCUT2D eigenvalue weighted by Gasteiger charge is 2.27. The third-order valence-electron chi connectivity index (χ3n) is 3.73. The molecule has 1 aliphatic rings. The minimum atomic E-state index is -0.421. The monoisotopic (exact) mass is 289 g/mol. The molecule has 1 heterocycles. The van der Waals surface area contributed by atoms with Crippen molar-refractivity contribution < 1.29 is 14.3 Å². The van der Waals surface area contributed by atoms with E-state index in [1.165, 1.54) is 5.56 Å². The molecule has 0 unspecified atom stereocenters. The summed E-state index contributed by atoms with van der Waals surface area (Å²) in [4.78, 5) is 22.9. The van der Waals surface area contributed by atoms with Gasteiger partial charge in [0.1, 0.15) is 6.04 Å². The molecule has 0 bridgehead atoms. The van der Waals surface area contributed by atoms with Gasteiger partial charge in [-0.2, -0.15) is 0 Å². The molecule has 4 nitrogen and oxygen atoms in total. The normalized spacial score (nSPS) is 17.5. The fourth-order valence-corrected chi connectivity index (χ4v) is 2.51. The van der Waals surface area contributed by atoms with E-state index in [0.717, 1.165) is 32.1 Å². The molecule has 4 heteroatoms. The standard InChI is InChI=1S/C17H23NO3/c19-16(18-15-12-13-21-17(15)20)11-7-2-1-4-8-14-9-5-3-6-10-14/h3,5-6,9-10,15H,1-2,4,7-8,11-13H2,(H,18,19)/t15-/m0/s1. The number of aryl methyl sites for hydroxylation is 1. The molecule has 0 aromatic heterocycles. The van der Waals surface area contributed by atoms with Gasteiger partial charge in [0.15, 0.2) is 0 Å². The Balaban J connectivity index is 1.49. The van der Waals surface area contributed by atoms with Gasteiger partial charge < -0.3 is 10.1 Å². The number of benzene rings is 1. The minimum absolute atomic E-state index is 0.0399. The summed E-state index contributed by atoms with van der Waals surface area (Å²) < 4.78 is 4.81. The summed E-state index contributed by atoms with van der Waals surface area (Å²) in [6.07, 6.45) is 6.41. The molecule has 1 N–H and O–H groups in total. The lowest BCUT2D eigenvalue weighted by atomic mass is 10.1. The van der Waals surface area contributed by atoms with E-state index >= 15 is 0 Å². The average Bonchev–Trinajstić information content (AvgIpc) is 2.89. The van der Waals surface area contributed by atoms with E-state index in [4.69, 9.17) is 4.74 Å². The van der Waals surface area contributed by atoms with Crippen LogP contribution in [-0.4, -0.2) is 24.5 Å². The number of carbonyl (C=O) groups is 2. The van der Waals surface area contributed by atoms with E-state index < -0.39 is 6.04 Å². The number of carbonyl (C=O) groups excluding carboxylic acids is 2. The molecule has 1 saturated heterocycles. The largest absolute Gasteiger partial charge is 0.464 e. The Hall–Kier alpha value is -1.84. The van der Waals surface area contributed by atoms with Crippen molar-refractivity contribution in [1.29, 1.82) is 0 Å². The highest BCUT2D eigenvalue weighted by atomic mass is 16.5. The van der Waals surface area contributed by atoms with Gasteiger partial charge >= 0.3 is 5.97 Å². The number of esters is 1. The first-order chi connectivity index (χ1) is 10.3. The number of unbranched alkanes of at least 4 members (excludes halogenated alkanes) is 3. The molecular formula is C17H23NO3. The summed E-state index contributed by atoms with van der Waals surface area (Å²) >= 11 is 0. The molecule has 1 aromatic carbocycles. The van der Waals surface area contributed by atoms with Crippen LogP contribution in [0.5, 0.6) is 0 Å². The summed E-state index contributed by atoms with van der Waals surface area (Å²) in [5.41, 5.74) is 1.37. The number of nitrogens with one attached hydrogen (secondary N) is 1. The van der Waals surface area contributed by atoms with Gasteiger partial charge in [0.25, 0.3) is 0 Å². The molecule has 0 saturated carbocycles. The lowest BCUT2D eigenvalue weighted by molar-refractivity contribution is -0.141. The van der Waals surface area contributed by atoms with E-state index in [9.17, 15) is 9.59 Å². The topological polar surface area (TPSA) is 55.4 Å². The number of ether oxygens (including phenoxy) is 1. The second kappa shape index (κ2) is 8.45. The van der Waals surface area contributed by atoms with Crippen LogP contribution in [-0.2, 0) is 20.7 Å². The van der Waals surface area contributed by atoms with Crippen molar-refractivity contribution in [1.82, 2.24) is 5.32 Å². The lowest BCUT2D eigenvalue weighted by Gasteiger charge is -2.08. The van der Waals surface area contributed by atoms with Gasteiger partial charge in [-0.3, -0.25) is 4.79 Å². The molecule has 1 aromatic rings. The molecule has 114 valence electrons. The van der Waals surface area contributed by atoms with Crippen molar-refractivity contribution in [3.63, 3.8) is 0 Å². The average molecular weight is 289 g/mol. The van der Waals surface area contributed by atoms with Crippen LogP contribution in [0.3, 0.4) is 0 Å². The first-order valence-corrected chi connectivity index (χ1v) is 7.75. The van der Waals surface area contributed by atoms with E-state index in [2.05, 4.69) is 29.6 Å². The molecule has 1 atom stereocenters. The van der Waals surface area contributed by atoms with Gasteiger partial charge in [-0.25, -0.2) is 4.79 Å². The Kier molecular flexibility index (Phi) is 6.25. The van der Waals surface area contributed by atoms with Crippen LogP contribution in [0.25, 0.3) is 0 Å². The molecule has 0 radical (unpaired) electrons. The maximum Gasteiger partial charge on any atom is 0.328 e. The first-order valence-electron chi connectivity index (χ1n) is 7.75. The number of cyclic esters (lactones) is 1. The number of hydrogen-bond donors (Lipinski definition) is 1. The molecule has 1 fully saturated rings. The summed E-state index contributed by atoms with van der Waals surface area (Å²) in [5.74, 6) is -0.340. The second-order valence-electron chi connectivity index (χ2n) is 5.48. The Morgan fingerprint density at radius 3 is 2.62 bits per heavy atom. The smallest absolute Gasteiger partial charge is 0.328 e. The van der Waals surface area contributed by atoms with Crippen molar-refractivity contribution >= 4 is 11.9 Å². The molecule has 0 aliphatic carbocycles. The third kappa shape index (κ3) is 5.58. The van der Waals surface area contributed by atoms with E-state index in [-0.39, 0.29) is 11.9 Å². The van der Waals surface area contributed by atoms with Crippen molar-refractivity contribution in [2.45, 2.75) is 51.0 Å². The van der Waals surface area contributed by atoms with Crippen LogP contribution in [0, 0.1) is 0 Å². The van der Waals surface area contributed by atoms with Gasteiger partial charge in [0, 0.05) is 12.8 Å². The van der Waals surface area contributed by atoms with E-state index in [1.807, 2.05) is 6.07 Å². The summed E-state index contributed by atoms with van der Waals surface area (Å²) in [6.45, 7) is 0.420.